The van der Waals surface area contributed by atoms with Crippen LogP contribution in [0.4, 0.5) is 0 Å². The van der Waals surface area contributed by atoms with Crippen molar-refractivity contribution in [2.24, 2.45) is 0 Å². The van der Waals surface area contributed by atoms with Crippen LogP contribution in [0.5, 0.6) is 0 Å². The summed E-state index contributed by atoms with van der Waals surface area (Å²) in [6.45, 7) is 2.93. The Morgan fingerprint density at radius 2 is 1.36 bits per heavy atom. The summed E-state index contributed by atoms with van der Waals surface area (Å²) in [6.07, 6.45) is 0. The maximum atomic E-state index is 11.9. The van der Waals surface area contributed by atoms with E-state index in [2.05, 4.69) is 0 Å². The minimum atomic E-state index is -1.19. The highest BCUT2D eigenvalue weighted by Gasteiger charge is 2.36. The molecule has 0 aromatic carbocycles. The van der Waals surface area contributed by atoms with Crippen molar-refractivity contribution in [1.82, 2.24) is 0 Å². The van der Waals surface area contributed by atoms with E-state index >= 15 is 0 Å². The molecule has 2 heterocycles. The molecule has 2 rings (SSSR count). The molecule has 82 valence electrons. The van der Waals surface area contributed by atoms with Crippen molar-refractivity contribution >= 4 is 11.2 Å². The number of hydrogen-bond donors (Lipinski definition) is 0. The van der Waals surface area contributed by atoms with Crippen molar-refractivity contribution in [3.63, 3.8) is 0 Å². The van der Waals surface area contributed by atoms with Crippen LogP contribution in [0, 0.1) is 0 Å². The van der Waals surface area contributed by atoms with Gasteiger partial charge in [0.2, 0.25) is 10.9 Å². The molecule has 2 aliphatic heterocycles. The molecule has 0 spiro atoms. The van der Waals surface area contributed by atoms with Crippen molar-refractivity contribution in [2.45, 2.75) is 10.9 Å². The van der Waals surface area contributed by atoms with Gasteiger partial charge in [0.05, 0.1) is 26.4 Å². The van der Waals surface area contributed by atoms with Gasteiger partial charge in [-0.1, -0.05) is 0 Å². The van der Waals surface area contributed by atoms with Gasteiger partial charge in [0.25, 0.3) is 0 Å². The Morgan fingerprint density at radius 1 is 0.857 bits per heavy atom. The van der Waals surface area contributed by atoms with Gasteiger partial charge in [-0.3, -0.25) is 0 Å². The summed E-state index contributed by atoms with van der Waals surface area (Å²) < 4.78 is 32.9. The van der Waals surface area contributed by atoms with E-state index in [4.69, 9.17) is 18.9 Å². The molecule has 5 nitrogen and oxygen atoms in total. The molecule has 0 saturated carbocycles. The molecule has 0 amide bonds. The highest BCUT2D eigenvalue weighted by Crippen LogP contribution is 2.17. The lowest BCUT2D eigenvalue weighted by molar-refractivity contribution is -0.0710. The molecule has 0 radical (unpaired) electrons. The van der Waals surface area contributed by atoms with E-state index in [1.807, 2.05) is 0 Å². The van der Waals surface area contributed by atoms with Crippen molar-refractivity contribution in [3.8, 4) is 0 Å². The largest absolute Gasteiger partial charge is 0.612 e. The Morgan fingerprint density at radius 3 is 1.71 bits per heavy atom. The molecule has 2 unspecified atom stereocenters. The minimum Gasteiger partial charge on any atom is -0.612 e. The second-order valence-corrected chi connectivity index (χ2v) is 4.79. The molecule has 6 heteroatoms. The minimum absolute atomic E-state index is 0.365. The van der Waals surface area contributed by atoms with Crippen LogP contribution in [0.25, 0.3) is 0 Å². The summed E-state index contributed by atoms with van der Waals surface area (Å²) in [4.78, 5) is 0. The second-order valence-electron chi connectivity index (χ2n) is 3.08. The standard InChI is InChI=1S/C8H14O5S/c9-14(7-5-10-1-3-12-7)8-6-11-2-4-13-8/h7-8H,1-6H2. The highest BCUT2D eigenvalue weighted by atomic mass is 32.2. The first-order valence-corrected chi connectivity index (χ1v) is 5.93. The Bertz CT molecular complexity index is 149. The molecule has 0 N–H and O–H groups in total. The number of rotatable bonds is 2. The summed E-state index contributed by atoms with van der Waals surface area (Å²) in [6, 6.07) is 0. The lowest BCUT2D eigenvalue weighted by Gasteiger charge is -2.31. The van der Waals surface area contributed by atoms with E-state index in [1.54, 1.807) is 0 Å². The quantitative estimate of drug-likeness (QED) is 0.588. The molecule has 2 saturated heterocycles. The number of ether oxygens (including phenoxy) is 4. The monoisotopic (exact) mass is 222 g/mol. The molecule has 2 atom stereocenters. The van der Waals surface area contributed by atoms with Gasteiger partial charge in [0, 0.05) is 11.2 Å². The molecule has 0 bridgehead atoms. The fraction of sp³-hybridized carbons (Fsp3) is 1.00. The van der Waals surface area contributed by atoms with Gasteiger partial charge < -0.3 is 23.5 Å². The van der Waals surface area contributed by atoms with E-state index in [9.17, 15) is 4.55 Å². The van der Waals surface area contributed by atoms with Crippen molar-refractivity contribution < 1.29 is 23.5 Å². The van der Waals surface area contributed by atoms with E-state index in [0.29, 0.717) is 39.6 Å². The van der Waals surface area contributed by atoms with Crippen LogP contribution in [0.3, 0.4) is 0 Å². The van der Waals surface area contributed by atoms with Gasteiger partial charge >= 0.3 is 0 Å². The van der Waals surface area contributed by atoms with Gasteiger partial charge in [-0.15, -0.1) is 0 Å². The van der Waals surface area contributed by atoms with Gasteiger partial charge in [0.1, 0.15) is 13.2 Å². The fourth-order valence-corrected chi connectivity index (χ4v) is 2.63. The van der Waals surface area contributed by atoms with Gasteiger partial charge in [-0.2, -0.15) is 0 Å². The first-order valence-electron chi connectivity index (χ1n) is 4.66. The Hall–Kier alpha value is 0.150. The molecule has 0 aromatic rings. The van der Waals surface area contributed by atoms with Crippen molar-refractivity contribution in [2.75, 3.05) is 39.6 Å². The Balaban J connectivity index is 1.82. The van der Waals surface area contributed by atoms with E-state index in [-0.39, 0.29) is 10.9 Å². The van der Waals surface area contributed by atoms with Gasteiger partial charge in [-0.25, -0.2) is 0 Å². The Kier molecular flexibility index (Phi) is 4.03. The predicted octanol–water partition coefficient (Wildman–Crippen LogP) is -0.519. The van der Waals surface area contributed by atoms with Crippen LogP contribution >= 0.6 is 0 Å². The average Bonchev–Trinajstić information content (AvgIpc) is 2.30. The van der Waals surface area contributed by atoms with E-state index < -0.39 is 11.2 Å². The van der Waals surface area contributed by atoms with E-state index in [0.717, 1.165) is 0 Å². The first-order chi connectivity index (χ1) is 6.88. The molecule has 14 heavy (non-hydrogen) atoms. The zero-order chi connectivity index (χ0) is 9.80. The van der Waals surface area contributed by atoms with Crippen LogP contribution in [-0.4, -0.2) is 55.1 Å². The van der Waals surface area contributed by atoms with Gasteiger partial charge in [0.15, 0.2) is 0 Å². The summed E-state index contributed by atoms with van der Waals surface area (Å²) in [5.74, 6) is 0. The third-order valence-electron chi connectivity index (χ3n) is 2.09. The summed E-state index contributed by atoms with van der Waals surface area (Å²) >= 11 is -1.19. The zero-order valence-corrected chi connectivity index (χ0v) is 8.66. The molecule has 2 fully saturated rings. The van der Waals surface area contributed by atoms with Crippen LogP contribution in [0.2, 0.25) is 0 Å². The molecular weight excluding hydrogens is 208 g/mol. The number of hydrogen-bond acceptors (Lipinski definition) is 5. The van der Waals surface area contributed by atoms with Crippen molar-refractivity contribution in [3.05, 3.63) is 0 Å². The second kappa shape index (κ2) is 5.29. The first kappa shape index (κ1) is 10.7. The molecular formula is C8H14O5S. The maximum Gasteiger partial charge on any atom is 0.242 e. The van der Waals surface area contributed by atoms with Crippen LogP contribution in [0.15, 0.2) is 0 Å². The molecule has 0 aromatic heterocycles. The van der Waals surface area contributed by atoms with E-state index in [1.165, 1.54) is 0 Å². The summed E-state index contributed by atoms with van der Waals surface area (Å²) in [5, 5.41) is 0. The van der Waals surface area contributed by atoms with Crippen LogP contribution < -0.4 is 0 Å². The SMILES string of the molecule is [O-][S+](C1COCCO1)C1COCCO1. The highest BCUT2D eigenvalue weighted by molar-refractivity contribution is 7.92. The summed E-state index contributed by atoms with van der Waals surface area (Å²) in [7, 11) is 0. The average molecular weight is 222 g/mol. The van der Waals surface area contributed by atoms with Crippen LogP contribution in [0.1, 0.15) is 0 Å². The van der Waals surface area contributed by atoms with Gasteiger partial charge in [-0.05, 0) is 0 Å². The molecule has 2 aliphatic rings. The third kappa shape index (κ3) is 2.59. The topological polar surface area (TPSA) is 60.0 Å². The lowest BCUT2D eigenvalue weighted by atomic mass is 10.6. The Labute approximate surface area is 85.8 Å². The predicted molar refractivity (Wildman–Crippen MR) is 49.3 cm³/mol. The van der Waals surface area contributed by atoms with Crippen molar-refractivity contribution in [1.29, 1.82) is 0 Å². The smallest absolute Gasteiger partial charge is 0.242 e. The van der Waals surface area contributed by atoms with Crippen LogP contribution in [-0.2, 0) is 30.1 Å². The fourth-order valence-electron chi connectivity index (χ4n) is 1.37. The third-order valence-corrected chi connectivity index (χ3v) is 3.67. The lowest BCUT2D eigenvalue weighted by Crippen LogP contribution is -2.45. The normalized spacial score (nSPS) is 36.6. The zero-order valence-electron chi connectivity index (χ0n) is 7.85. The molecule has 0 aliphatic carbocycles. The maximum absolute atomic E-state index is 11.9. The summed E-state index contributed by atoms with van der Waals surface area (Å²) in [5.41, 5.74) is -0.731.